The molecule has 1 aliphatic rings. The molecule has 0 aromatic heterocycles. The van der Waals surface area contributed by atoms with Crippen LogP contribution in [0.2, 0.25) is 0 Å². The number of fused-ring (bicyclic) bond motifs is 1. The van der Waals surface area contributed by atoms with Gasteiger partial charge in [-0.25, -0.2) is 0 Å². The van der Waals surface area contributed by atoms with Crippen molar-refractivity contribution in [2.75, 3.05) is 32.8 Å². The number of β-amino-alcohol motifs (C(OH)–C–C–N with tert-alkyl or cyclic N) is 1. The summed E-state index contributed by atoms with van der Waals surface area (Å²) in [5, 5.41) is 15.1. The van der Waals surface area contributed by atoms with Gasteiger partial charge in [0.15, 0.2) is 0 Å². The molecule has 2 aromatic rings. The van der Waals surface area contributed by atoms with Crippen molar-refractivity contribution in [2.45, 2.75) is 6.10 Å². The normalized spacial score (nSPS) is 17.2. The van der Waals surface area contributed by atoms with Crippen molar-refractivity contribution in [1.82, 2.24) is 10.2 Å². The quantitative estimate of drug-likeness (QED) is 0.865. The van der Waals surface area contributed by atoms with Crippen LogP contribution in [0.4, 0.5) is 0 Å². The number of aliphatic hydroxyl groups is 1. The zero-order valence-electron chi connectivity index (χ0n) is 12.4. The third-order valence-electron chi connectivity index (χ3n) is 3.75. The standard InChI is InChI=1S/C17H20N2O3/c20-15(10-19-8-7-18-17(21)11-19)12-22-16-6-5-13-3-1-2-4-14(13)9-16/h1-6,9,15,20H,7-8,10-12H2,(H,18,21). The molecule has 5 heteroatoms. The lowest BCUT2D eigenvalue weighted by Crippen LogP contribution is -2.50. The molecule has 0 aliphatic carbocycles. The maximum Gasteiger partial charge on any atom is 0.234 e. The summed E-state index contributed by atoms with van der Waals surface area (Å²) in [6.45, 7) is 2.40. The zero-order valence-corrected chi connectivity index (χ0v) is 12.4. The number of hydrogen-bond donors (Lipinski definition) is 2. The van der Waals surface area contributed by atoms with Crippen LogP contribution in [-0.2, 0) is 4.79 Å². The van der Waals surface area contributed by atoms with Gasteiger partial charge >= 0.3 is 0 Å². The number of hydrogen-bond acceptors (Lipinski definition) is 4. The largest absolute Gasteiger partial charge is 0.491 e. The van der Waals surface area contributed by atoms with Crippen molar-refractivity contribution < 1.29 is 14.6 Å². The van der Waals surface area contributed by atoms with Gasteiger partial charge in [0.25, 0.3) is 0 Å². The molecule has 0 spiro atoms. The highest BCUT2D eigenvalue weighted by Gasteiger charge is 2.19. The minimum absolute atomic E-state index is 0.00824. The van der Waals surface area contributed by atoms with Crippen molar-refractivity contribution in [3.05, 3.63) is 42.5 Å². The van der Waals surface area contributed by atoms with E-state index in [4.69, 9.17) is 4.74 Å². The summed E-state index contributed by atoms with van der Waals surface area (Å²) < 4.78 is 5.67. The number of rotatable bonds is 5. The first-order chi connectivity index (χ1) is 10.7. The average molecular weight is 300 g/mol. The smallest absolute Gasteiger partial charge is 0.234 e. The van der Waals surface area contributed by atoms with E-state index in [1.807, 2.05) is 41.3 Å². The number of nitrogens with one attached hydrogen (secondary N) is 1. The van der Waals surface area contributed by atoms with E-state index >= 15 is 0 Å². The number of ether oxygens (including phenoxy) is 1. The lowest BCUT2D eigenvalue weighted by Gasteiger charge is -2.28. The van der Waals surface area contributed by atoms with Gasteiger partial charge in [0, 0.05) is 19.6 Å². The van der Waals surface area contributed by atoms with Gasteiger partial charge in [0.05, 0.1) is 6.54 Å². The average Bonchev–Trinajstić information content (AvgIpc) is 2.53. The van der Waals surface area contributed by atoms with Gasteiger partial charge in [-0.15, -0.1) is 0 Å². The summed E-state index contributed by atoms with van der Waals surface area (Å²) in [4.78, 5) is 13.2. The van der Waals surface area contributed by atoms with E-state index in [9.17, 15) is 9.90 Å². The second kappa shape index (κ2) is 6.77. The molecule has 116 valence electrons. The Labute approximate surface area is 129 Å². The number of aliphatic hydroxyl groups excluding tert-OH is 1. The minimum atomic E-state index is -0.614. The van der Waals surface area contributed by atoms with E-state index in [1.54, 1.807) is 0 Å². The summed E-state index contributed by atoms with van der Waals surface area (Å²) >= 11 is 0. The molecule has 2 N–H and O–H groups in total. The molecule has 22 heavy (non-hydrogen) atoms. The van der Waals surface area contributed by atoms with Crippen molar-refractivity contribution in [3.63, 3.8) is 0 Å². The van der Waals surface area contributed by atoms with Crippen LogP contribution in [0, 0.1) is 0 Å². The van der Waals surface area contributed by atoms with Gasteiger partial charge in [-0.05, 0) is 22.9 Å². The third kappa shape index (κ3) is 3.75. The molecule has 5 nitrogen and oxygen atoms in total. The van der Waals surface area contributed by atoms with Crippen LogP contribution in [-0.4, -0.2) is 54.8 Å². The lowest BCUT2D eigenvalue weighted by atomic mass is 10.1. The monoisotopic (exact) mass is 300 g/mol. The summed E-state index contributed by atoms with van der Waals surface area (Å²) in [5.41, 5.74) is 0. The fourth-order valence-corrected chi connectivity index (χ4v) is 2.65. The van der Waals surface area contributed by atoms with E-state index in [2.05, 4.69) is 11.4 Å². The van der Waals surface area contributed by atoms with Gasteiger partial charge in [-0.2, -0.15) is 0 Å². The molecule has 1 heterocycles. The highest BCUT2D eigenvalue weighted by Crippen LogP contribution is 2.20. The topological polar surface area (TPSA) is 61.8 Å². The molecule has 2 aromatic carbocycles. The Bertz CT molecular complexity index is 659. The lowest BCUT2D eigenvalue weighted by molar-refractivity contribution is -0.124. The van der Waals surface area contributed by atoms with E-state index in [1.165, 1.54) is 0 Å². The molecule has 0 bridgehead atoms. The van der Waals surface area contributed by atoms with E-state index in [0.29, 0.717) is 19.6 Å². The minimum Gasteiger partial charge on any atom is -0.491 e. The van der Waals surface area contributed by atoms with Crippen molar-refractivity contribution in [3.8, 4) is 5.75 Å². The van der Waals surface area contributed by atoms with Crippen LogP contribution in [0.1, 0.15) is 0 Å². The highest BCUT2D eigenvalue weighted by atomic mass is 16.5. The van der Waals surface area contributed by atoms with E-state index in [-0.39, 0.29) is 12.5 Å². The van der Waals surface area contributed by atoms with Crippen LogP contribution in [0.15, 0.2) is 42.5 Å². The Kier molecular flexibility index (Phi) is 4.56. The number of benzene rings is 2. The molecule has 0 radical (unpaired) electrons. The van der Waals surface area contributed by atoms with E-state index < -0.39 is 6.10 Å². The fourth-order valence-electron chi connectivity index (χ4n) is 2.65. The predicted molar refractivity (Wildman–Crippen MR) is 84.9 cm³/mol. The van der Waals surface area contributed by atoms with Crippen molar-refractivity contribution in [2.24, 2.45) is 0 Å². The molecule has 1 aliphatic heterocycles. The van der Waals surface area contributed by atoms with Crippen molar-refractivity contribution in [1.29, 1.82) is 0 Å². The summed E-state index contributed by atoms with van der Waals surface area (Å²) in [6.07, 6.45) is -0.614. The molecule has 1 amide bonds. The second-order valence-electron chi connectivity index (χ2n) is 5.56. The molecule has 3 rings (SSSR count). The Hall–Kier alpha value is -2.11. The molecule has 1 fully saturated rings. The van der Waals surface area contributed by atoms with Crippen LogP contribution >= 0.6 is 0 Å². The summed E-state index contributed by atoms with van der Waals surface area (Å²) in [5.74, 6) is 0.753. The summed E-state index contributed by atoms with van der Waals surface area (Å²) in [7, 11) is 0. The first-order valence-electron chi connectivity index (χ1n) is 7.49. The van der Waals surface area contributed by atoms with Crippen LogP contribution < -0.4 is 10.1 Å². The van der Waals surface area contributed by atoms with Gasteiger partial charge < -0.3 is 15.2 Å². The number of nitrogens with zero attached hydrogens (tertiary/aromatic N) is 1. The van der Waals surface area contributed by atoms with Crippen LogP contribution in [0.3, 0.4) is 0 Å². The van der Waals surface area contributed by atoms with Gasteiger partial charge in [0.2, 0.25) is 5.91 Å². The maximum absolute atomic E-state index is 11.3. The SMILES string of the molecule is O=C1CN(CC(O)COc2ccc3ccccc3c2)CCN1. The van der Waals surface area contributed by atoms with Gasteiger partial charge in [-0.3, -0.25) is 9.69 Å². The van der Waals surface area contributed by atoms with Gasteiger partial charge in [-0.1, -0.05) is 30.3 Å². The third-order valence-corrected chi connectivity index (χ3v) is 3.75. The highest BCUT2D eigenvalue weighted by molar-refractivity contribution is 5.83. The molecular weight excluding hydrogens is 280 g/mol. The molecule has 1 unspecified atom stereocenters. The van der Waals surface area contributed by atoms with Crippen molar-refractivity contribution >= 4 is 16.7 Å². The first kappa shape index (κ1) is 14.8. The van der Waals surface area contributed by atoms with E-state index in [0.717, 1.165) is 23.1 Å². The molecule has 1 atom stereocenters. The number of piperazine rings is 1. The Morgan fingerprint density at radius 2 is 2.05 bits per heavy atom. The Morgan fingerprint density at radius 3 is 2.86 bits per heavy atom. The maximum atomic E-state index is 11.3. The number of carbonyl (C=O) groups is 1. The first-order valence-corrected chi connectivity index (χ1v) is 7.49. The number of amides is 1. The van der Waals surface area contributed by atoms with Crippen LogP contribution in [0.25, 0.3) is 10.8 Å². The fraction of sp³-hybridized carbons (Fsp3) is 0.353. The Balaban J connectivity index is 1.53. The molecule has 0 saturated carbocycles. The Morgan fingerprint density at radius 1 is 1.23 bits per heavy atom. The predicted octanol–water partition coefficient (Wildman–Crippen LogP) is 1.01. The van der Waals surface area contributed by atoms with Crippen LogP contribution in [0.5, 0.6) is 5.75 Å². The number of carbonyl (C=O) groups excluding carboxylic acids is 1. The molecular formula is C17H20N2O3. The summed E-state index contributed by atoms with van der Waals surface area (Å²) in [6, 6.07) is 14.0. The molecule has 1 saturated heterocycles. The van der Waals surface area contributed by atoms with Gasteiger partial charge in [0.1, 0.15) is 18.5 Å². The second-order valence-corrected chi connectivity index (χ2v) is 5.56. The zero-order chi connectivity index (χ0) is 15.4.